The van der Waals surface area contributed by atoms with Crippen molar-refractivity contribution >= 4 is 23.6 Å². The molecule has 2 aromatic rings. The van der Waals surface area contributed by atoms with Crippen LogP contribution in [0.2, 0.25) is 0 Å². The summed E-state index contributed by atoms with van der Waals surface area (Å²) >= 11 is 0. The Kier molecular flexibility index (Phi) is 5.84. The summed E-state index contributed by atoms with van der Waals surface area (Å²) < 4.78 is 12.9. The molecule has 5 heteroatoms. The Morgan fingerprint density at radius 3 is 2.29 bits per heavy atom. The average molecular weight is 326 g/mol. The summed E-state index contributed by atoms with van der Waals surface area (Å²) in [5, 5.41) is 2.68. The third kappa shape index (κ3) is 5.35. The van der Waals surface area contributed by atoms with Gasteiger partial charge < -0.3 is 10.2 Å². The second-order valence-electron chi connectivity index (χ2n) is 5.46. The number of likely N-dealkylation sites (N-methyl/N-ethyl adjacent to an activating group) is 1. The largest absolute Gasteiger partial charge is 0.338 e. The number of rotatable bonds is 5. The number of nitrogens with one attached hydrogen (secondary N) is 1. The number of hydrogen-bond donors (Lipinski definition) is 1. The zero-order valence-electron chi connectivity index (χ0n) is 13.6. The van der Waals surface area contributed by atoms with Crippen molar-refractivity contribution in [3.05, 3.63) is 71.6 Å². The summed E-state index contributed by atoms with van der Waals surface area (Å²) in [5.74, 6) is -0.573. The van der Waals surface area contributed by atoms with Gasteiger partial charge in [0.25, 0.3) is 0 Å². The van der Waals surface area contributed by atoms with Gasteiger partial charge in [0.05, 0.1) is 0 Å². The topological polar surface area (TPSA) is 49.4 Å². The molecule has 0 aliphatic heterocycles. The second kappa shape index (κ2) is 8.06. The van der Waals surface area contributed by atoms with Crippen LogP contribution in [-0.2, 0) is 16.1 Å². The molecule has 4 nitrogen and oxygen atoms in total. The predicted octanol–water partition coefficient (Wildman–Crippen LogP) is 3.46. The highest BCUT2D eigenvalue weighted by molar-refractivity contribution is 5.92. The SMILES string of the molecule is CC(=O)Nc1ccc(/C=C/C(=O)N(C)Cc2ccc(F)cc2)cc1. The maximum absolute atomic E-state index is 12.9. The van der Waals surface area contributed by atoms with Crippen LogP contribution in [-0.4, -0.2) is 23.8 Å². The molecule has 0 aromatic heterocycles. The lowest BCUT2D eigenvalue weighted by Crippen LogP contribution is -2.24. The molecule has 124 valence electrons. The number of halogens is 1. The molecule has 24 heavy (non-hydrogen) atoms. The molecule has 0 saturated carbocycles. The number of benzene rings is 2. The van der Waals surface area contributed by atoms with Gasteiger partial charge in [-0.2, -0.15) is 0 Å². The van der Waals surface area contributed by atoms with Gasteiger partial charge in [-0.25, -0.2) is 4.39 Å². The van der Waals surface area contributed by atoms with Gasteiger partial charge in [-0.05, 0) is 41.5 Å². The number of amides is 2. The molecule has 0 bridgehead atoms. The van der Waals surface area contributed by atoms with Crippen molar-refractivity contribution < 1.29 is 14.0 Å². The van der Waals surface area contributed by atoms with E-state index in [9.17, 15) is 14.0 Å². The van der Waals surface area contributed by atoms with Crippen LogP contribution in [0.3, 0.4) is 0 Å². The van der Waals surface area contributed by atoms with Crippen molar-refractivity contribution in [2.75, 3.05) is 12.4 Å². The Morgan fingerprint density at radius 2 is 1.71 bits per heavy atom. The van der Waals surface area contributed by atoms with Crippen molar-refractivity contribution in [1.29, 1.82) is 0 Å². The van der Waals surface area contributed by atoms with E-state index in [1.54, 1.807) is 42.3 Å². The quantitative estimate of drug-likeness (QED) is 0.856. The maximum Gasteiger partial charge on any atom is 0.246 e. The Bertz CT molecular complexity index is 737. The fourth-order valence-electron chi connectivity index (χ4n) is 2.12. The lowest BCUT2D eigenvalue weighted by atomic mass is 10.2. The highest BCUT2D eigenvalue weighted by Gasteiger charge is 2.06. The van der Waals surface area contributed by atoms with Crippen LogP contribution >= 0.6 is 0 Å². The van der Waals surface area contributed by atoms with Crippen molar-refractivity contribution in [3.8, 4) is 0 Å². The fourth-order valence-corrected chi connectivity index (χ4v) is 2.12. The Hall–Kier alpha value is -2.95. The minimum absolute atomic E-state index is 0.129. The van der Waals surface area contributed by atoms with E-state index in [0.717, 1.165) is 11.1 Å². The first kappa shape index (κ1) is 17.4. The van der Waals surface area contributed by atoms with E-state index < -0.39 is 0 Å². The molecule has 0 spiro atoms. The molecule has 0 radical (unpaired) electrons. The Morgan fingerprint density at radius 1 is 1.08 bits per heavy atom. The summed E-state index contributed by atoms with van der Waals surface area (Å²) in [5.41, 5.74) is 2.42. The van der Waals surface area contributed by atoms with E-state index >= 15 is 0 Å². The molecule has 0 atom stereocenters. The average Bonchev–Trinajstić information content (AvgIpc) is 2.55. The molecule has 2 rings (SSSR count). The Labute approximate surface area is 140 Å². The third-order valence-electron chi connectivity index (χ3n) is 3.36. The molecule has 0 aliphatic carbocycles. The fraction of sp³-hybridized carbons (Fsp3) is 0.158. The first-order chi connectivity index (χ1) is 11.4. The van der Waals surface area contributed by atoms with Gasteiger partial charge in [0, 0.05) is 32.3 Å². The van der Waals surface area contributed by atoms with E-state index in [4.69, 9.17) is 0 Å². The first-order valence-corrected chi connectivity index (χ1v) is 7.49. The van der Waals surface area contributed by atoms with E-state index in [2.05, 4.69) is 5.32 Å². The Balaban J connectivity index is 1.93. The van der Waals surface area contributed by atoms with Crippen LogP contribution in [0.25, 0.3) is 6.08 Å². The number of carbonyl (C=O) groups excluding carboxylic acids is 2. The van der Waals surface area contributed by atoms with E-state index in [0.29, 0.717) is 12.2 Å². The predicted molar refractivity (Wildman–Crippen MR) is 92.7 cm³/mol. The number of anilines is 1. The molecule has 2 amide bonds. The minimum atomic E-state index is -0.296. The molecule has 0 saturated heterocycles. The van der Waals surface area contributed by atoms with Gasteiger partial charge in [0.1, 0.15) is 5.82 Å². The van der Waals surface area contributed by atoms with Gasteiger partial charge in [0.15, 0.2) is 0 Å². The van der Waals surface area contributed by atoms with Gasteiger partial charge in [-0.15, -0.1) is 0 Å². The van der Waals surface area contributed by atoms with Crippen molar-refractivity contribution in [2.45, 2.75) is 13.5 Å². The van der Waals surface area contributed by atoms with Crippen LogP contribution in [0.1, 0.15) is 18.1 Å². The van der Waals surface area contributed by atoms with Crippen LogP contribution in [0.5, 0.6) is 0 Å². The summed E-state index contributed by atoms with van der Waals surface area (Å²) in [6.07, 6.45) is 3.19. The van der Waals surface area contributed by atoms with Crippen molar-refractivity contribution in [3.63, 3.8) is 0 Å². The van der Waals surface area contributed by atoms with E-state index in [-0.39, 0.29) is 17.6 Å². The van der Waals surface area contributed by atoms with Gasteiger partial charge in [-0.3, -0.25) is 9.59 Å². The van der Waals surface area contributed by atoms with Crippen molar-refractivity contribution in [2.24, 2.45) is 0 Å². The van der Waals surface area contributed by atoms with Gasteiger partial charge in [-0.1, -0.05) is 24.3 Å². The summed E-state index contributed by atoms with van der Waals surface area (Å²) in [7, 11) is 1.69. The van der Waals surface area contributed by atoms with Crippen LogP contribution < -0.4 is 5.32 Å². The molecule has 0 unspecified atom stereocenters. The van der Waals surface area contributed by atoms with Crippen LogP contribution in [0, 0.1) is 5.82 Å². The lowest BCUT2D eigenvalue weighted by molar-refractivity contribution is -0.125. The number of nitrogens with zero attached hydrogens (tertiary/aromatic N) is 1. The number of carbonyl (C=O) groups is 2. The zero-order valence-corrected chi connectivity index (χ0v) is 13.6. The minimum Gasteiger partial charge on any atom is -0.338 e. The molecule has 1 N–H and O–H groups in total. The third-order valence-corrected chi connectivity index (χ3v) is 3.36. The highest BCUT2D eigenvalue weighted by atomic mass is 19.1. The lowest BCUT2D eigenvalue weighted by Gasteiger charge is -2.15. The smallest absolute Gasteiger partial charge is 0.246 e. The van der Waals surface area contributed by atoms with Crippen LogP contribution in [0.15, 0.2) is 54.6 Å². The molecular formula is C19H19FN2O2. The zero-order chi connectivity index (χ0) is 17.5. The standard InChI is InChI=1S/C19H19FN2O2/c1-14(23)21-18-10-5-15(6-11-18)7-12-19(24)22(2)13-16-3-8-17(20)9-4-16/h3-12H,13H2,1-2H3,(H,21,23)/b12-7+. The maximum atomic E-state index is 12.9. The van der Waals surface area contributed by atoms with Gasteiger partial charge >= 0.3 is 0 Å². The summed E-state index contributed by atoms with van der Waals surface area (Å²) in [6, 6.07) is 13.2. The normalized spacial score (nSPS) is 10.6. The summed E-state index contributed by atoms with van der Waals surface area (Å²) in [6.45, 7) is 1.86. The summed E-state index contributed by atoms with van der Waals surface area (Å²) in [4.78, 5) is 24.6. The highest BCUT2D eigenvalue weighted by Crippen LogP contribution is 2.11. The molecule has 0 fully saturated rings. The molecule has 0 heterocycles. The molecule has 0 aliphatic rings. The monoisotopic (exact) mass is 326 g/mol. The molecule has 2 aromatic carbocycles. The van der Waals surface area contributed by atoms with Crippen LogP contribution in [0.4, 0.5) is 10.1 Å². The molecular weight excluding hydrogens is 307 g/mol. The first-order valence-electron chi connectivity index (χ1n) is 7.49. The van der Waals surface area contributed by atoms with E-state index in [1.165, 1.54) is 25.1 Å². The second-order valence-corrected chi connectivity index (χ2v) is 5.46. The van der Waals surface area contributed by atoms with Gasteiger partial charge in [0.2, 0.25) is 11.8 Å². The van der Waals surface area contributed by atoms with E-state index in [1.807, 2.05) is 12.1 Å². The van der Waals surface area contributed by atoms with Crippen molar-refractivity contribution in [1.82, 2.24) is 4.90 Å². The number of hydrogen-bond acceptors (Lipinski definition) is 2.